The predicted molar refractivity (Wildman–Crippen MR) is 93.0 cm³/mol. The maximum Gasteiger partial charge on any atom is 0.308 e. The van der Waals surface area contributed by atoms with Crippen molar-refractivity contribution in [3.63, 3.8) is 0 Å². The van der Waals surface area contributed by atoms with Crippen molar-refractivity contribution >= 4 is 23.6 Å². The van der Waals surface area contributed by atoms with E-state index in [1.165, 1.54) is 0 Å². The van der Waals surface area contributed by atoms with Crippen LogP contribution in [-0.4, -0.2) is 41.6 Å². The minimum absolute atomic E-state index is 0.107. The average molecular weight is 339 g/mol. The van der Waals surface area contributed by atoms with E-state index in [0.717, 1.165) is 11.3 Å². The molecule has 1 amide bonds. The molecule has 5 nitrogen and oxygen atoms in total. The smallest absolute Gasteiger partial charge is 0.308 e. The first-order valence-corrected chi connectivity index (χ1v) is 8.99. The molecule has 0 aliphatic heterocycles. The highest BCUT2D eigenvalue weighted by Gasteiger charge is 2.19. The first kappa shape index (κ1) is 19.4. The lowest BCUT2D eigenvalue weighted by molar-refractivity contribution is -0.141. The van der Waals surface area contributed by atoms with Gasteiger partial charge in [-0.15, -0.1) is 0 Å². The lowest BCUT2D eigenvalue weighted by Crippen LogP contribution is -2.35. The van der Waals surface area contributed by atoms with Crippen LogP contribution in [0.15, 0.2) is 24.3 Å². The lowest BCUT2D eigenvalue weighted by Gasteiger charge is -2.15. The number of hydrogen-bond donors (Lipinski definition) is 2. The van der Waals surface area contributed by atoms with Crippen molar-refractivity contribution in [2.45, 2.75) is 31.9 Å². The lowest BCUT2D eigenvalue weighted by atomic mass is 9.99. The first-order chi connectivity index (χ1) is 11.0. The standard InChI is InChI=1S/C17H25NO4S/c1-4-22-15-7-5-13(6-8-15)10-14(17(20)21)11-18-16(19)9-12(2)23-3/h5-8,12,14H,4,9-11H2,1-3H3,(H,18,19)(H,20,21). The number of thioether (sulfide) groups is 1. The molecule has 1 aromatic carbocycles. The van der Waals surface area contributed by atoms with E-state index in [1.807, 2.05) is 44.4 Å². The summed E-state index contributed by atoms with van der Waals surface area (Å²) in [5.41, 5.74) is 0.910. The number of carbonyl (C=O) groups is 2. The second-order valence-electron chi connectivity index (χ2n) is 5.37. The molecule has 0 aliphatic rings. The summed E-state index contributed by atoms with van der Waals surface area (Å²) in [4.78, 5) is 23.2. The fourth-order valence-corrected chi connectivity index (χ4v) is 2.39. The van der Waals surface area contributed by atoms with Gasteiger partial charge in [0.2, 0.25) is 5.91 Å². The molecule has 0 saturated carbocycles. The molecule has 0 spiro atoms. The Morgan fingerprint density at radius 3 is 2.48 bits per heavy atom. The van der Waals surface area contributed by atoms with Crippen LogP contribution in [0.3, 0.4) is 0 Å². The third-order valence-corrected chi connectivity index (χ3v) is 4.46. The fourth-order valence-electron chi connectivity index (χ4n) is 2.07. The molecule has 23 heavy (non-hydrogen) atoms. The van der Waals surface area contributed by atoms with Crippen molar-refractivity contribution in [3.05, 3.63) is 29.8 Å². The highest BCUT2D eigenvalue weighted by molar-refractivity contribution is 7.99. The van der Waals surface area contributed by atoms with E-state index >= 15 is 0 Å². The molecule has 2 unspecified atom stereocenters. The summed E-state index contributed by atoms with van der Waals surface area (Å²) in [6.07, 6.45) is 2.72. The molecule has 0 aliphatic carbocycles. The Bertz CT molecular complexity index is 504. The zero-order chi connectivity index (χ0) is 17.2. The molecule has 128 valence electrons. The molecule has 0 aromatic heterocycles. The van der Waals surface area contributed by atoms with Gasteiger partial charge in [-0.05, 0) is 37.3 Å². The number of ether oxygens (including phenoxy) is 1. The number of carbonyl (C=O) groups excluding carboxylic acids is 1. The molecule has 0 fully saturated rings. The Labute approximate surface area is 141 Å². The van der Waals surface area contributed by atoms with Gasteiger partial charge in [-0.2, -0.15) is 11.8 Å². The summed E-state index contributed by atoms with van der Waals surface area (Å²) < 4.78 is 5.36. The topological polar surface area (TPSA) is 75.6 Å². The Balaban J connectivity index is 2.54. The molecule has 0 radical (unpaired) electrons. The zero-order valence-electron chi connectivity index (χ0n) is 13.9. The maximum atomic E-state index is 11.8. The summed E-state index contributed by atoms with van der Waals surface area (Å²) >= 11 is 1.61. The maximum absolute atomic E-state index is 11.8. The van der Waals surface area contributed by atoms with Crippen molar-refractivity contribution in [1.29, 1.82) is 0 Å². The highest BCUT2D eigenvalue weighted by atomic mass is 32.2. The molecule has 0 bridgehead atoms. The minimum Gasteiger partial charge on any atom is -0.494 e. The normalized spacial score (nSPS) is 13.2. The Hall–Kier alpha value is -1.69. The number of amides is 1. The van der Waals surface area contributed by atoms with Gasteiger partial charge >= 0.3 is 5.97 Å². The van der Waals surface area contributed by atoms with Crippen molar-refractivity contribution in [3.8, 4) is 5.75 Å². The van der Waals surface area contributed by atoms with Gasteiger partial charge < -0.3 is 15.2 Å². The number of aliphatic carboxylic acids is 1. The number of rotatable bonds is 10. The molecular weight excluding hydrogens is 314 g/mol. The highest BCUT2D eigenvalue weighted by Crippen LogP contribution is 2.15. The molecule has 1 aromatic rings. The molecular formula is C17H25NO4S. The van der Waals surface area contributed by atoms with Crippen LogP contribution in [0.1, 0.15) is 25.8 Å². The molecule has 2 atom stereocenters. The third kappa shape index (κ3) is 7.41. The number of carboxylic acid groups (broad SMARTS) is 1. The SMILES string of the molecule is CCOc1ccc(CC(CNC(=O)CC(C)SC)C(=O)O)cc1. The van der Waals surface area contributed by atoms with Crippen LogP contribution in [0.4, 0.5) is 0 Å². The average Bonchev–Trinajstić information content (AvgIpc) is 2.52. The zero-order valence-corrected chi connectivity index (χ0v) is 14.7. The minimum atomic E-state index is -0.905. The van der Waals surface area contributed by atoms with Crippen molar-refractivity contribution in [2.24, 2.45) is 5.92 Å². The largest absolute Gasteiger partial charge is 0.494 e. The van der Waals surface area contributed by atoms with Crippen LogP contribution in [0, 0.1) is 5.92 Å². The van der Waals surface area contributed by atoms with Crippen molar-refractivity contribution in [2.75, 3.05) is 19.4 Å². The summed E-state index contributed by atoms with van der Waals surface area (Å²) in [5, 5.41) is 12.3. The van der Waals surface area contributed by atoms with Gasteiger partial charge in [0.1, 0.15) is 5.75 Å². The van der Waals surface area contributed by atoms with Gasteiger partial charge in [0.15, 0.2) is 0 Å². The third-order valence-electron chi connectivity index (χ3n) is 3.49. The number of benzene rings is 1. The van der Waals surface area contributed by atoms with E-state index in [2.05, 4.69) is 5.32 Å². The van der Waals surface area contributed by atoms with Gasteiger partial charge in [-0.1, -0.05) is 19.1 Å². The van der Waals surface area contributed by atoms with E-state index in [-0.39, 0.29) is 17.7 Å². The Morgan fingerprint density at radius 1 is 1.30 bits per heavy atom. The van der Waals surface area contributed by atoms with Gasteiger partial charge in [0.25, 0.3) is 0 Å². The monoisotopic (exact) mass is 339 g/mol. The summed E-state index contributed by atoms with van der Waals surface area (Å²) in [6.45, 7) is 4.62. The van der Waals surface area contributed by atoms with Gasteiger partial charge in [0.05, 0.1) is 12.5 Å². The first-order valence-electron chi connectivity index (χ1n) is 7.70. The van der Waals surface area contributed by atoms with E-state index in [0.29, 0.717) is 19.4 Å². The van der Waals surface area contributed by atoms with E-state index < -0.39 is 11.9 Å². The van der Waals surface area contributed by atoms with Crippen LogP contribution in [-0.2, 0) is 16.0 Å². The summed E-state index contributed by atoms with van der Waals surface area (Å²) in [7, 11) is 0. The second-order valence-corrected chi connectivity index (χ2v) is 6.65. The molecule has 0 saturated heterocycles. The number of hydrogen-bond acceptors (Lipinski definition) is 4. The van der Waals surface area contributed by atoms with Crippen LogP contribution in [0.5, 0.6) is 5.75 Å². The van der Waals surface area contributed by atoms with Gasteiger partial charge in [-0.25, -0.2) is 0 Å². The quantitative estimate of drug-likeness (QED) is 0.685. The van der Waals surface area contributed by atoms with Crippen molar-refractivity contribution < 1.29 is 19.4 Å². The molecule has 2 N–H and O–H groups in total. The van der Waals surface area contributed by atoms with Crippen molar-refractivity contribution in [1.82, 2.24) is 5.32 Å². The predicted octanol–water partition coefficient (Wildman–Crippen LogP) is 2.59. The number of carboxylic acids is 1. The summed E-state index contributed by atoms with van der Waals surface area (Å²) in [6, 6.07) is 7.38. The van der Waals surface area contributed by atoms with Crippen LogP contribution >= 0.6 is 11.8 Å². The number of nitrogens with one attached hydrogen (secondary N) is 1. The van der Waals surface area contributed by atoms with E-state index in [9.17, 15) is 14.7 Å². The van der Waals surface area contributed by atoms with E-state index in [1.54, 1.807) is 11.8 Å². The molecule has 1 rings (SSSR count). The van der Waals surface area contributed by atoms with Crippen LogP contribution in [0.2, 0.25) is 0 Å². The van der Waals surface area contributed by atoms with Crippen LogP contribution in [0.25, 0.3) is 0 Å². The summed E-state index contributed by atoms with van der Waals surface area (Å²) in [5.74, 6) is -0.883. The van der Waals surface area contributed by atoms with Gasteiger partial charge in [-0.3, -0.25) is 9.59 Å². The van der Waals surface area contributed by atoms with Gasteiger partial charge in [0, 0.05) is 18.2 Å². The van der Waals surface area contributed by atoms with E-state index in [4.69, 9.17) is 4.74 Å². The fraction of sp³-hybridized carbons (Fsp3) is 0.529. The molecule has 0 heterocycles. The second kappa shape index (κ2) is 10.2. The molecule has 6 heteroatoms. The Kier molecular flexibility index (Phi) is 8.55. The van der Waals surface area contributed by atoms with Crippen LogP contribution < -0.4 is 10.1 Å². The Morgan fingerprint density at radius 2 is 1.96 bits per heavy atom.